The number of aryl methyl sites for hydroxylation is 1. The fraction of sp³-hybridized carbons (Fsp3) is 0.154. The molecule has 0 aliphatic heterocycles. The smallest absolute Gasteiger partial charge is 0.243 e. The van der Waals surface area contributed by atoms with Crippen molar-refractivity contribution in [3.8, 4) is 0 Å². The molecule has 0 amide bonds. The quantitative estimate of drug-likeness (QED) is 0.724. The van der Waals surface area contributed by atoms with E-state index in [1.165, 1.54) is 0 Å². The van der Waals surface area contributed by atoms with E-state index in [9.17, 15) is 8.42 Å². The zero-order valence-corrected chi connectivity index (χ0v) is 15.1. The number of halogens is 2. The third-order valence-corrected chi connectivity index (χ3v) is 6.11. The second-order valence-electron chi connectivity index (χ2n) is 4.41. The predicted molar refractivity (Wildman–Crippen MR) is 89.3 cm³/mol. The number of nitrogens with one attached hydrogen (secondary N) is 1. The summed E-state index contributed by atoms with van der Waals surface area (Å²) in [6.07, 6.45) is 1.63. The van der Waals surface area contributed by atoms with E-state index in [2.05, 4.69) is 41.6 Å². The molecule has 2 aromatic rings. The molecular formula is C13H13Br2N3O2S. The number of benzene rings is 1. The van der Waals surface area contributed by atoms with Crippen molar-refractivity contribution >= 4 is 47.6 Å². The number of anilines is 1. The van der Waals surface area contributed by atoms with Crippen LogP contribution in [0.5, 0.6) is 0 Å². The van der Waals surface area contributed by atoms with E-state index < -0.39 is 10.0 Å². The summed E-state index contributed by atoms with van der Waals surface area (Å²) in [5.41, 5.74) is 7.75. The molecule has 0 aliphatic carbocycles. The molecule has 0 saturated heterocycles. The lowest BCUT2D eigenvalue weighted by molar-refractivity contribution is 0.579. The first-order chi connectivity index (χ1) is 9.81. The molecule has 3 N–H and O–H groups in total. The highest BCUT2D eigenvalue weighted by molar-refractivity contribution is 9.11. The Morgan fingerprint density at radius 2 is 1.90 bits per heavy atom. The van der Waals surface area contributed by atoms with Crippen LogP contribution in [0.4, 0.5) is 5.69 Å². The molecule has 0 saturated carbocycles. The lowest BCUT2D eigenvalue weighted by Crippen LogP contribution is -2.25. The van der Waals surface area contributed by atoms with Gasteiger partial charge in [0.25, 0.3) is 0 Å². The molecule has 8 heteroatoms. The normalized spacial score (nSPS) is 11.6. The van der Waals surface area contributed by atoms with E-state index in [1.54, 1.807) is 24.4 Å². The maximum atomic E-state index is 12.4. The van der Waals surface area contributed by atoms with Crippen LogP contribution in [-0.4, -0.2) is 13.4 Å². The van der Waals surface area contributed by atoms with Gasteiger partial charge in [0.15, 0.2) is 0 Å². The summed E-state index contributed by atoms with van der Waals surface area (Å²) in [5, 5.41) is 0. The fourth-order valence-corrected chi connectivity index (χ4v) is 5.38. The second kappa shape index (κ2) is 6.43. The van der Waals surface area contributed by atoms with Gasteiger partial charge in [0.1, 0.15) is 4.90 Å². The fourth-order valence-electron chi connectivity index (χ4n) is 1.78. The van der Waals surface area contributed by atoms with Crippen LogP contribution in [-0.2, 0) is 16.6 Å². The highest BCUT2D eigenvalue weighted by Crippen LogP contribution is 2.32. The minimum absolute atomic E-state index is 0.116. The van der Waals surface area contributed by atoms with Crippen LogP contribution in [0, 0.1) is 6.92 Å². The predicted octanol–water partition coefficient (Wildman–Crippen LogP) is 2.98. The molecule has 0 atom stereocenters. The first kappa shape index (κ1) is 16.4. The average molecular weight is 435 g/mol. The van der Waals surface area contributed by atoms with Crippen molar-refractivity contribution in [2.24, 2.45) is 0 Å². The minimum atomic E-state index is -3.69. The number of rotatable bonds is 4. The Morgan fingerprint density at radius 1 is 1.29 bits per heavy atom. The Balaban J connectivity index is 2.30. The van der Waals surface area contributed by atoms with Gasteiger partial charge in [0, 0.05) is 20.8 Å². The van der Waals surface area contributed by atoms with Gasteiger partial charge in [-0.25, -0.2) is 13.1 Å². The van der Waals surface area contributed by atoms with Crippen LogP contribution in [0.1, 0.15) is 11.3 Å². The van der Waals surface area contributed by atoms with Gasteiger partial charge >= 0.3 is 0 Å². The highest BCUT2D eigenvalue weighted by Gasteiger charge is 2.21. The molecule has 1 heterocycles. The van der Waals surface area contributed by atoms with Crippen LogP contribution in [0.2, 0.25) is 0 Å². The summed E-state index contributed by atoms with van der Waals surface area (Å²) >= 11 is 6.46. The first-order valence-electron chi connectivity index (χ1n) is 5.96. The van der Waals surface area contributed by atoms with Gasteiger partial charge in [-0.2, -0.15) is 0 Å². The molecule has 0 aliphatic rings. The van der Waals surface area contributed by atoms with E-state index in [0.29, 0.717) is 20.3 Å². The van der Waals surface area contributed by atoms with Crippen molar-refractivity contribution < 1.29 is 8.42 Å². The molecule has 2 rings (SSSR count). The average Bonchev–Trinajstić information content (AvgIpc) is 2.36. The van der Waals surface area contributed by atoms with E-state index in [1.807, 2.05) is 13.0 Å². The Bertz CT molecular complexity index is 756. The summed E-state index contributed by atoms with van der Waals surface area (Å²) in [7, 11) is -3.69. The van der Waals surface area contributed by atoms with Gasteiger partial charge in [-0.3, -0.25) is 4.98 Å². The maximum Gasteiger partial charge on any atom is 0.243 e. The summed E-state index contributed by atoms with van der Waals surface area (Å²) < 4.78 is 28.2. The second-order valence-corrected chi connectivity index (χ2v) is 7.82. The summed E-state index contributed by atoms with van der Waals surface area (Å²) in [5.74, 6) is 0. The number of hydrogen-bond donors (Lipinski definition) is 2. The van der Waals surface area contributed by atoms with Gasteiger partial charge in [-0.15, -0.1) is 0 Å². The van der Waals surface area contributed by atoms with Crippen LogP contribution in [0.3, 0.4) is 0 Å². The Labute approximate surface area is 140 Å². The first-order valence-corrected chi connectivity index (χ1v) is 9.03. The monoisotopic (exact) mass is 433 g/mol. The van der Waals surface area contributed by atoms with Crippen LogP contribution in [0.15, 0.2) is 44.3 Å². The number of hydrogen-bond acceptors (Lipinski definition) is 4. The molecule has 0 spiro atoms. The highest BCUT2D eigenvalue weighted by atomic mass is 79.9. The van der Waals surface area contributed by atoms with Crippen LogP contribution < -0.4 is 10.5 Å². The van der Waals surface area contributed by atoms with Gasteiger partial charge in [-0.05, 0) is 62.5 Å². The largest absolute Gasteiger partial charge is 0.399 e. The number of nitrogen functional groups attached to an aromatic ring is 1. The topological polar surface area (TPSA) is 85.1 Å². The molecule has 0 bridgehead atoms. The maximum absolute atomic E-state index is 12.4. The van der Waals surface area contributed by atoms with Crippen LogP contribution >= 0.6 is 31.9 Å². The minimum Gasteiger partial charge on any atom is -0.399 e. The zero-order valence-electron chi connectivity index (χ0n) is 11.1. The van der Waals surface area contributed by atoms with Crippen molar-refractivity contribution in [3.63, 3.8) is 0 Å². The van der Waals surface area contributed by atoms with Gasteiger partial charge in [0.05, 0.1) is 12.2 Å². The molecule has 112 valence electrons. The summed E-state index contributed by atoms with van der Waals surface area (Å²) in [4.78, 5) is 4.28. The number of aromatic nitrogens is 1. The van der Waals surface area contributed by atoms with E-state index in [4.69, 9.17) is 5.73 Å². The lowest BCUT2D eigenvalue weighted by atomic mass is 10.2. The van der Waals surface area contributed by atoms with Crippen molar-refractivity contribution in [1.82, 2.24) is 9.71 Å². The molecule has 1 aromatic carbocycles. The molecule has 0 fully saturated rings. The Hall–Kier alpha value is -0.960. The Morgan fingerprint density at radius 3 is 2.48 bits per heavy atom. The molecule has 5 nitrogen and oxygen atoms in total. The Kier molecular flexibility index (Phi) is 5.03. The van der Waals surface area contributed by atoms with Crippen molar-refractivity contribution in [2.45, 2.75) is 18.4 Å². The number of nitrogens with two attached hydrogens (primary N) is 1. The van der Waals surface area contributed by atoms with E-state index in [0.717, 1.165) is 5.56 Å². The third-order valence-electron chi connectivity index (χ3n) is 2.84. The molecule has 21 heavy (non-hydrogen) atoms. The van der Waals surface area contributed by atoms with Crippen molar-refractivity contribution in [2.75, 3.05) is 5.73 Å². The van der Waals surface area contributed by atoms with Crippen molar-refractivity contribution in [3.05, 3.63) is 50.7 Å². The van der Waals surface area contributed by atoms with Gasteiger partial charge < -0.3 is 5.73 Å². The molecule has 0 radical (unpaired) electrons. The SMILES string of the molecule is Cc1cccnc1CNS(=O)(=O)c1c(Br)cc(N)cc1Br. The lowest BCUT2D eigenvalue weighted by Gasteiger charge is -2.11. The van der Waals surface area contributed by atoms with Gasteiger partial charge in [-0.1, -0.05) is 6.07 Å². The summed E-state index contributed by atoms with van der Waals surface area (Å²) in [6, 6.07) is 6.78. The van der Waals surface area contributed by atoms with Crippen molar-refractivity contribution in [1.29, 1.82) is 0 Å². The summed E-state index contributed by atoms with van der Waals surface area (Å²) in [6.45, 7) is 2.00. The molecule has 0 unspecified atom stereocenters. The van der Waals surface area contributed by atoms with Gasteiger partial charge in [0.2, 0.25) is 10.0 Å². The number of sulfonamides is 1. The number of nitrogens with zero attached hydrogens (tertiary/aromatic N) is 1. The number of pyridine rings is 1. The molecule has 1 aromatic heterocycles. The third kappa shape index (κ3) is 3.82. The zero-order chi connectivity index (χ0) is 15.6. The van der Waals surface area contributed by atoms with E-state index >= 15 is 0 Å². The molecular weight excluding hydrogens is 422 g/mol. The van der Waals surface area contributed by atoms with E-state index in [-0.39, 0.29) is 11.4 Å². The standard InChI is InChI=1S/C13H13Br2N3O2S/c1-8-3-2-4-17-12(8)7-18-21(19,20)13-10(14)5-9(16)6-11(13)15/h2-6,18H,7,16H2,1H3. The van der Waals surface area contributed by atoms with Crippen LogP contribution in [0.25, 0.3) is 0 Å².